The minimum Gasteiger partial charge on any atom is -1.00 e. The molecule has 1 heterocycles. The van der Waals surface area contributed by atoms with E-state index < -0.39 is 17.6 Å². The van der Waals surface area contributed by atoms with E-state index in [1.165, 1.54) is 18.3 Å². The molecule has 0 bridgehead atoms. The number of rotatable bonds is 2. The van der Waals surface area contributed by atoms with Crippen LogP contribution >= 0.6 is 0 Å². The first kappa shape index (κ1) is 12.1. The van der Waals surface area contributed by atoms with Gasteiger partial charge < -0.3 is 11.6 Å². The molecule has 1 rings (SSSR count). The summed E-state index contributed by atoms with van der Waals surface area (Å²) in [6, 6.07) is 2.56. The molecule has 0 aliphatic rings. The Hall–Kier alpha value is -0.910. The van der Waals surface area contributed by atoms with E-state index in [9.17, 15) is 9.59 Å². The fraction of sp³-hybridized carbons (Fsp3) is 0. The summed E-state index contributed by atoms with van der Waals surface area (Å²) in [5.74, 6) is -2.63. The van der Waals surface area contributed by atoms with Gasteiger partial charge in [-0.2, -0.15) is 0 Å². The van der Waals surface area contributed by atoms with Crippen LogP contribution in [0.5, 0.6) is 0 Å². The Morgan fingerprint density at radius 3 is 2.31 bits per heavy atom. The van der Waals surface area contributed by atoms with Crippen LogP contribution in [0.2, 0.25) is 0 Å². The van der Waals surface area contributed by atoms with Crippen molar-refractivity contribution in [3.63, 3.8) is 0 Å². The molecule has 0 aromatic carbocycles. The molecule has 0 fully saturated rings. The third-order valence-electron chi connectivity index (χ3n) is 1.24. The molecule has 0 spiro atoms. The zero-order valence-corrected chi connectivity index (χ0v) is 8.89. The number of carboxylic acids is 2. The summed E-state index contributed by atoms with van der Waals surface area (Å²) in [6.45, 7) is 0. The van der Waals surface area contributed by atoms with Crippen LogP contribution in [0.25, 0.3) is 0 Å². The van der Waals surface area contributed by atoms with Crippen LogP contribution < -0.4 is 29.6 Å². The molecule has 0 amide bonds. The molecule has 2 N–H and O–H groups in total. The number of aromatic carboxylic acids is 2. The number of hydrogen-bond donors (Lipinski definition) is 2. The Morgan fingerprint density at radius 2 is 1.92 bits per heavy atom. The van der Waals surface area contributed by atoms with E-state index in [0.717, 1.165) is 0 Å². The van der Waals surface area contributed by atoms with Gasteiger partial charge in [-0.3, -0.25) is 0 Å². The molecule has 1 aromatic rings. The van der Waals surface area contributed by atoms with E-state index in [1.807, 2.05) is 0 Å². The Balaban J connectivity index is 0. The summed E-state index contributed by atoms with van der Waals surface area (Å²) >= 11 is 0. The summed E-state index contributed by atoms with van der Waals surface area (Å²) in [7, 11) is 0. The van der Waals surface area contributed by atoms with Gasteiger partial charge in [0.1, 0.15) is 0 Å². The van der Waals surface area contributed by atoms with Crippen molar-refractivity contribution in [1.82, 2.24) is 4.98 Å². The summed E-state index contributed by atoms with van der Waals surface area (Å²) < 4.78 is 0. The Labute approximate surface area is 97.2 Å². The largest absolute Gasteiger partial charge is 1.00 e. The molecular weight excluding hydrogens is 185 g/mol. The van der Waals surface area contributed by atoms with Crippen LogP contribution in [0.3, 0.4) is 0 Å². The first-order valence-corrected chi connectivity index (χ1v) is 3.04. The van der Waals surface area contributed by atoms with Crippen LogP contribution in [0.1, 0.15) is 22.3 Å². The van der Waals surface area contributed by atoms with Gasteiger partial charge in [0.25, 0.3) is 0 Å². The molecule has 5 nitrogen and oxygen atoms in total. The maximum atomic E-state index is 10.4. The second-order valence-corrected chi connectivity index (χ2v) is 2.01. The predicted molar refractivity (Wildman–Crippen MR) is 39.3 cm³/mol. The van der Waals surface area contributed by atoms with E-state index in [0.29, 0.717) is 0 Å². The molecule has 0 unspecified atom stereocenters. The predicted octanol–water partition coefficient (Wildman–Crippen LogP) is -2.41. The first-order valence-electron chi connectivity index (χ1n) is 3.04. The maximum Gasteiger partial charge on any atom is 1.00 e. The van der Waals surface area contributed by atoms with E-state index in [-0.39, 0.29) is 36.5 Å². The second kappa shape index (κ2) is 4.96. The average Bonchev–Trinajstić information content (AvgIpc) is 2.04. The molecule has 1 aromatic heterocycles. The zero-order chi connectivity index (χ0) is 9.14. The number of hydrogen-bond acceptors (Lipinski definition) is 3. The van der Waals surface area contributed by atoms with Gasteiger partial charge >= 0.3 is 41.5 Å². The van der Waals surface area contributed by atoms with Crippen LogP contribution in [0.15, 0.2) is 18.3 Å². The van der Waals surface area contributed by atoms with Gasteiger partial charge in [0.05, 0.1) is 5.56 Å². The van der Waals surface area contributed by atoms with Crippen molar-refractivity contribution >= 4 is 11.9 Å². The molecule has 6 heteroatoms. The third kappa shape index (κ3) is 2.80. The molecule has 0 atom stereocenters. The van der Waals surface area contributed by atoms with Crippen LogP contribution in [0.4, 0.5) is 0 Å². The monoisotopic (exact) mass is 191 g/mol. The van der Waals surface area contributed by atoms with Gasteiger partial charge in [-0.05, 0) is 12.1 Å². The fourth-order valence-electron chi connectivity index (χ4n) is 0.748. The second-order valence-electron chi connectivity index (χ2n) is 2.01. The summed E-state index contributed by atoms with van der Waals surface area (Å²) in [5, 5.41) is 17.0. The average molecular weight is 191 g/mol. The minimum atomic E-state index is -1.34. The molecule has 0 radical (unpaired) electrons. The number of carbonyl (C=O) groups is 2. The summed E-state index contributed by atoms with van der Waals surface area (Å²) in [4.78, 5) is 24.2. The zero-order valence-electron chi connectivity index (χ0n) is 7.89. The minimum absolute atomic E-state index is 0. The smallest absolute Gasteiger partial charge is 1.00 e. The molecule has 0 saturated carbocycles. The van der Waals surface area contributed by atoms with Crippen molar-refractivity contribution in [1.29, 1.82) is 0 Å². The van der Waals surface area contributed by atoms with Gasteiger partial charge in [0, 0.05) is 6.20 Å². The van der Waals surface area contributed by atoms with Crippen LogP contribution in [-0.2, 0) is 0 Å². The van der Waals surface area contributed by atoms with Gasteiger partial charge in [-0.15, -0.1) is 0 Å². The summed E-state index contributed by atoms with van der Waals surface area (Å²) in [5.41, 5.74) is -0.741. The number of carboxylic acid groups (broad SMARTS) is 2. The topological polar surface area (TPSA) is 87.5 Å². The first-order chi connectivity index (χ1) is 5.63. The van der Waals surface area contributed by atoms with Crippen molar-refractivity contribution in [2.45, 2.75) is 0 Å². The Bertz CT molecular complexity index is 311. The standard InChI is InChI=1S/C7H5NO4.Na.H/c9-6(10)4-2-1-3-8-5(4)7(11)12;;/h1-3H,(H,9,10)(H,11,12);;/q;+1;-1. The van der Waals surface area contributed by atoms with Gasteiger partial charge in [-0.25, -0.2) is 14.6 Å². The van der Waals surface area contributed by atoms with Crippen LogP contribution in [0, 0.1) is 0 Å². The van der Waals surface area contributed by atoms with Crippen molar-refractivity contribution in [2.75, 3.05) is 0 Å². The van der Waals surface area contributed by atoms with Gasteiger partial charge in [0.2, 0.25) is 0 Å². The number of pyridine rings is 1. The van der Waals surface area contributed by atoms with E-state index in [1.54, 1.807) is 0 Å². The quantitative estimate of drug-likeness (QED) is 0.508. The van der Waals surface area contributed by atoms with E-state index >= 15 is 0 Å². The third-order valence-corrected chi connectivity index (χ3v) is 1.24. The Morgan fingerprint density at radius 1 is 1.31 bits per heavy atom. The molecule has 0 saturated heterocycles. The molecule has 64 valence electrons. The molecule has 13 heavy (non-hydrogen) atoms. The van der Waals surface area contributed by atoms with Gasteiger partial charge in [-0.1, -0.05) is 0 Å². The summed E-state index contributed by atoms with van der Waals surface area (Å²) in [6.07, 6.45) is 1.23. The van der Waals surface area contributed by atoms with Crippen molar-refractivity contribution in [3.05, 3.63) is 29.6 Å². The van der Waals surface area contributed by atoms with E-state index in [2.05, 4.69) is 4.98 Å². The van der Waals surface area contributed by atoms with Crippen molar-refractivity contribution < 1.29 is 50.8 Å². The van der Waals surface area contributed by atoms with Crippen molar-refractivity contribution in [3.8, 4) is 0 Å². The number of aromatic nitrogens is 1. The van der Waals surface area contributed by atoms with Crippen LogP contribution in [-0.4, -0.2) is 27.1 Å². The Kier molecular flexibility index (Phi) is 4.61. The maximum absolute atomic E-state index is 10.4. The van der Waals surface area contributed by atoms with Crippen molar-refractivity contribution in [2.24, 2.45) is 0 Å². The van der Waals surface area contributed by atoms with Gasteiger partial charge in [0.15, 0.2) is 5.69 Å². The fourth-order valence-corrected chi connectivity index (χ4v) is 0.748. The molecule has 0 aliphatic carbocycles. The normalized spacial score (nSPS) is 8.62. The number of nitrogens with zero attached hydrogens (tertiary/aromatic N) is 1. The molecular formula is C7H6NNaO4. The molecule has 0 aliphatic heterocycles. The SMILES string of the molecule is O=C(O)c1cccnc1C(=O)O.[H-].[Na+]. The van der Waals surface area contributed by atoms with E-state index in [4.69, 9.17) is 10.2 Å².